The number of amides is 1. The molecule has 0 fully saturated rings. The Morgan fingerprint density at radius 1 is 1.35 bits per heavy atom. The quantitative estimate of drug-likeness (QED) is 0.722. The van der Waals surface area contributed by atoms with Gasteiger partial charge in [0.25, 0.3) is 0 Å². The molecule has 3 N–H and O–H groups in total. The minimum Gasteiger partial charge on any atom is -0.434 e. The van der Waals surface area contributed by atoms with Gasteiger partial charge in [-0.05, 0) is 32.4 Å². The highest BCUT2D eigenvalue weighted by Gasteiger charge is 2.16. The van der Waals surface area contributed by atoms with Crippen LogP contribution in [-0.2, 0) is 4.79 Å². The van der Waals surface area contributed by atoms with Gasteiger partial charge in [-0.25, -0.2) is 0 Å². The molecule has 1 amide bonds. The summed E-state index contributed by atoms with van der Waals surface area (Å²) in [4.78, 5) is 11.7. The van der Waals surface area contributed by atoms with Crippen LogP contribution in [-0.4, -0.2) is 19.1 Å². The molecule has 0 saturated heterocycles. The van der Waals surface area contributed by atoms with Crippen molar-refractivity contribution in [1.82, 2.24) is 5.32 Å². The molecule has 0 heterocycles. The average Bonchev–Trinajstić information content (AvgIpc) is 2.38. The Labute approximate surface area is 117 Å². The van der Waals surface area contributed by atoms with Crippen LogP contribution in [0.5, 0.6) is 5.75 Å². The molecule has 6 heteroatoms. The van der Waals surface area contributed by atoms with E-state index >= 15 is 0 Å². The highest BCUT2D eigenvalue weighted by atomic mass is 19.3. The minimum absolute atomic E-state index is 0.0808. The number of rotatable bonds is 8. The number of para-hydroxylation sites is 1. The topological polar surface area (TPSA) is 64.4 Å². The minimum atomic E-state index is -2.89. The van der Waals surface area contributed by atoms with Crippen LogP contribution in [0.4, 0.5) is 8.78 Å². The van der Waals surface area contributed by atoms with Crippen molar-refractivity contribution in [2.45, 2.75) is 38.8 Å². The molecular formula is C14H20F2N2O2. The first-order valence-corrected chi connectivity index (χ1v) is 6.57. The van der Waals surface area contributed by atoms with E-state index in [4.69, 9.17) is 5.73 Å². The number of hydrogen-bond acceptors (Lipinski definition) is 3. The first kappa shape index (κ1) is 16.4. The molecule has 0 radical (unpaired) electrons. The lowest BCUT2D eigenvalue weighted by Crippen LogP contribution is -2.27. The third kappa shape index (κ3) is 5.52. The molecule has 1 rings (SSSR count). The van der Waals surface area contributed by atoms with Crippen LogP contribution in [0.25, 0.3) is 0 Å². The molecule has 0 saturated carbocycles. The van der Waals surface area contributed by atoms with E-state index in [-0.39, 0.29) is 11.7 Å². The summed E-state index contributed by atoms with van der Waals surface area (Å²) in [5, 5.41) is 2.76. The fourth-order valence-electron chi connectivity index (χ4n) is 1.86. The molecular weight excluding hydrogens is 266 g/mol. The van der Waals surface area contributed by atoms with Crippen molar-refractivity contribution in [1.29, 1.82) is 0 Å². The highest BCUT2D eigenvalue weighted by molar-refractivity contribution is 5.76. The maximum absolute atomic E-state index is 12.3. The molecule has 1 aromatic rings. The van der Waals surface area contributed by atoms with Crippen LogP contribution >= 0.6 is 0 Å². The van der Waals surface area contributed by atoms with Crippen LogP contribution < -0.4 is 15.8 Å². The van der Waals surface area contributed by atoms with Crippen molar-refractivity contribution in [3.8, 4) is 5.75 Å². The summed E-state index contributed by atoms with van der Waals surface area (Å²) in [5.74, 6) is -0.0462. The largest absolute Gasteiger partial charge is 0.434 e. The van der Waals surface area contributed by atoms with Crippen molar-refractivity contribution >= 4 is 5.91 Å². The summed E-state index contributed by atoms with van der Waals surface area (Å²) in [6.45, 7) is -0.605. The molecule has 112 valence electrons. The van der Waals surface area contributed by atoms with Gasteiger partial charge < -0.3 is 15.8 Å². The average molecular weight is 286 g/mol. The lowest BCUT2D eigenvalue weighted by atomic mass is 10.1. The number of ether oxygens (including phenoxy) is 1. The molecule has 1 atom stereocenters. The lowest BCUT2D eigenvalue weighted by Gasteiger charge is -2.18. The van der Waals surface area contributed by atoms with Gasteiger partial charge in [0.1, 0.15) is 5.75 Å². The zero-order valence-corrected chi connectivity index (χ0v) is 11.4. The molecule has 20 heavy (non-hydrogen) atoms. The zero-order chi connectivity index (χ0) is 15.0. The second-order valence-electron chi connectivity index (χ2n) is 4.45. The number of nitrogens with two attached hydrogens (primary N) is 1. The van der Waals surface area contributed by atoms with Gasteiger partial charge in [-0.15, -0.1) is 0 Å². The Morgan fingerprint density at radius 2 is 2.05 bits per heavy atom. The maximum Gasteiger partial charge on any atom is 0.387 e. The van der Waals surface area contributed by atoms with E-state index in [1.54, 1.807) is 25.1 Å². The summed E-state index contributed by atoms with van der Waals surface area (Å²) >= 11 is 0. The third-order valence-electron chi connectivity index (χ3n) is 2.84. The van der Waals surface area contributed by atoms with Crippen LogP contribution in [0.15, 0.2) is 24.3 Å². The van der Waals surface area contributed by atoms with E-state index in [2.05, 4.69) is 10.1 Å². The van der Waals surface area contributed by atoms with Crippen LogP contribution in [0, 0.1) is 0 Å². The Kier molecular flexibility index (Phi) is 6.93. The number of unbranched alkanes of at least 4 members (excludes halogenated alkanes) is 1. The van der Waals surface area contributed by atoms with Crippen LogP contribution in [0.2, 0.25) is 0 Å². The van der Waals surface area contributed by atoms with Gasteiger partial charge >= 0.3 is 6.61 Å². The smallest absolute Gasteiger partial charge is 0.387 e. The second-order valence-corrected chi connectivity index (χ2v) is 4.45. The summed E-state index contributed by atoms with van der Waals surface area (Å²) in [6, 6.07) is 6.04. The third-order valence-corrected chi connectivity index (χ3v) is 2.84. The molecule has 0 bridgehead atoms. The first-order valence-electron chi connectivity index (χ1n) is 6.57. The normalized spacial score (nSPS) is 12.2. The molecule has 1 aromatic carbocycles. The number of hydrogen-bond donors (Lipinski definition) is 2. The fraction of sp³-hybridized carbons (Fsp3) is 0.500. The number of benzene rings is 1. The van der Waals surface area contributed by atoms with Crippen molar-refractivity contribution < 1.29 is 18.3 Å². The molecule has 0 spiro atoms. The van der Waals surface area contributed by atoms with E-state index in [9.17, 15) is 13.6 Å². The van der Waals surface area contributed by atoms with Gasteiger partial charge in [0.2, 0.25) is 5.91 Å². The number of carbonyl (C=O) groups is 1. The molecule has 4 nitrogen and oxygen atoms in total. The van der Waals surface area contributed by atoms with Crippen LogP contribution in [0.1, 0.15) is 37.8 Å². The SMILES string of the molecule is CC(NC(=O)CCCCN)c1ccccc1OC(F)F. The predicted octanol–water partition coefficient (Wildman–Crippen LogP) is 2.59. The molecule has 0 aliphatic carbocycles. The van der Waals surface area contributed by atoms with Gasteiger partial charge in [-0.1, -0.05) is 18.2 Å². The standard InChI is InChI=1S/C14H20F2N2O2/c1-10(18-13(19)8-4-5-9-17)11-6-2-3-7-12(11)20-14(15)16/h2-3,6-7,10,14H,4-5,8-9,17H2,1H3,(H,18,19). The maximum atomic E-state index is 12.3. The highest BCUT2D eigenvalue weighted by Crippen LogP contribution is 2.26. The van der Waals surface area contributed by atoms with Gasteiger partial charge in [0.15, 0.2) is 0 Å². The Hall–Kier alpha value is -1.69. The Bertz CT molecular complexity index is 427. The van der Waals surface area contributed by atoms with E-state index in [1.165, 1.54) is 6.07 Å². The second kappa shape index (κ2) is 8.47. The summed E-state index contributed by atoms with van der Waals surface area (Å²) in [7, 11) is 0. The number of carbonyl (C=O) groups excluding carboxylic acids is 1. The van der Waals surface area contributed by atoms with E-state index in [0.29, 0.717) is 24.9 Å². The van der Waals surface area contributed by atoms with Gasteiger partial charge in [0.05, 0.1) is 6.04 Å². The molecule has 0 aliphatic heterocycles. The van der Waals surface area contributed by atoms with Gasteiger partial charge in [-0.2, -0.15) is 8.78 Å². The summed E-state index contributed by atoms with van der Waals surface area (Å²) in [6.07, 6.45) is 1.87. The van der Waals surface area contributed by atoms with Gasteiger partial charge in [0, 0.05) is 12.0 Å². The lowest BCUT2D eigenvalue weighted by molar-refractivity contribution is -0.121. The summed E-state index contributed by atoms with van der Waals surface area (Å²) in [5.41, 5.74) is 5.88. The molecule has 0 aromatic heterocycles. The molecule has 0 aliphatic rings. The number of nitrogens with one attached hydrogen (secondary N) is 1. The van der Waals surface area contributed by atoms with Gasteiger partial charge in [-0.3, -0.25) is 4.79 Å². The van der Waals surface area contributed by atoms with Crippen LogP contribution in [0.3, 0.4) is 0 Å². The monoisotopic (exact) mass is 286 g/mol. The van der Waals surface area contributed by atoms with Crippen molar-refractivity contribution in [3.05, 3.63) is 29.8 Å². The zero-order valence-electron chi connectivity index (χ0n) is 11.4. The van der Waals surface area contributed by atoms with E-state index < -0.39 is 12.7 Å². The molecule has 1 unspecified atom stereocenters. The van der Waals surface area contributed by atoms with E-state index in [0.717, 1.165) is 6.42 Å². The Balaban J connectivity index is 2.62. The predicted molar refractivity (Wildman–Crippen MR) is 72.5 cm³/mol. The summed E-state index contributed by atoms with van der Waals surface area (Å²) < 4.78 is 29.1. The first-order chi connectivity index (χ1) is 9.54. The van der Waals surface area contributed by atoms with Crippen molar-refractivity contribution in [2.24, 2.45) is 5.73 Å². The van der Waals surface area contributed by atoms with E-state index in [1.807, 2.05) is 0 Å². The Morgan fingerprint density at radius 3 is 2.70 bits per heavy atom. The number of halogens is 2. The number of alkyl halides is 2. The fourth-order valence-corrected chi connectivity index (χ4v) is 1.86. The van der Waals surface area contributed by atoms with Crippen molar-refractivity contribution in [3.63, 3.8) is 0 Å². The van der Waals surface area contributed by atoms with Crippen molar-refractivity contribution in [2.75, 3.05) is 6.54 Å².